The summed E-state index contributed by atoms with van der Waals surface area (Å²) in [6.45, 7) is 9.91. The lowest BCUT2D eigenvalue weighted by Gasteiger charge is -2.42. The molecule has 1 aromatic heterocycles. The van der Waals surface area contributed by atoms with Crippen LogP contribution in [0.25, 0.3) is 0 Å². The number of amides is 1. The van der Waals surface area contributed by atoms with Crippen molar-refractivity contribution in [2.75, 3.05) is 38.5 Å². The maximum Gasteiger partial charge on any atom is 0.233 e. The van der Waals surface area contributed by atoms with Gasteiger partial charge in [0.25, 0.3) is 0 Å². The third-order valence-corrected chi connectivity index (χ3v) is 5.02. The summed E-state index contributed by atoms with van der Waals surface area (Å²) in [5.41, 5.74) is 0. The zero-order chi connectivity index (χ0) is 17.5. The number of nitrogens with zero attached hydrogens (tertiary/aromatic N) is 4. The molecule has 1 amide bonds. The van der Waals surface area contributed by atoms with Crippen molar-refractivity contribution < 1.29 is 9.90 Å². The van der Waals surface area contributed by atoms with Crippen LogP contribution in [-0.2, 0) is 11.2 Å². The quantitative estimate of drug-likeness (QED) is 0.677. The number of aryl methyl sites for hydroxylation is 1. The molecule has 0 aromatic carbocycles. The Kier molecular flexibility index (Phi) is 7.51. The van der Waals surface area contributed by atoms with E-state index in [-0.39, 0.29) is 18.6 Å². The second-order valence-corrected chi connectivity index (χ2v) is 7.54. The van der Waals surface area contributed by atoms with Crippen LogP contribution in [0, 0.1) is 5.92 Å². The van der Waals surface area contributed by atoms with Crippen molar-refractivity contribution in [3.63, 3.8) is 0 Å². The van der Waals surface area contributed by atoms with E-state index < -0.39 is 0 Å². The Labute approximate surface area is 148 Å². The second kappa shape index (κ2) is 9.39. The van der Waals surface area contributed by atoms with Crippen molar-refractivity contribution in [1.29, 1.82) is 0 Å². The van der Waals surface area contributed by atoms with Crippen molar-refractivity contribution in [1.82, 2.24) is 25.0 Å². The summed E-state index contributed by atoms with van der Waals surface area (Å²) in [6.07, 6.45) is 1.52. The van der Waals surface area contributed by atoms with E-state index in [0.717, 1.165) is 31.9 Å². The number of aromatic nitrogens is 3. The molecule has 1 atom stereocenters. The van der Waals surface area contributed by atoms with Crippen molar-refractivity contribution in [3.8, 4) is 0 Å². The summed E-state index contributed by atoms with van der Waals surface area (Å²) in [6, 6.07) is 0.246. The highest BCUT2D eigenvalue weighted by molar-refractivity contribution is 7.99. The van der Waals surface area contributed by atoms with Crippen molar-refractivity contribution in [3.05, 3.63) is 5.82 Å². The van der Waals surface area contributed by atoms with Gasteiger partial charge in [0, 0.05) is 45.2 Å². The SMILES string of the molecule is CCc1nc(SCC(=O)N2CCN(CC(C)C)C(CCO)C2)n[nH]1. The van der Waals surface area contributed by atoms with Crippen LogP contribution in [-0.4, -0.2) is 80.6 Å². The average molecular weight is 356 g/mol. The number of H-pyrrole nitrogens is 1. The fourth-order valence-corrected chi connectivity index (χ4v) is 3.69. The Morgan fingerprint density at radius 1 is 1.46 bits per heavy atom. The van der Waals surface area contributed by atoms with Gasteiger partial charge in [-0.2, -0.15) is 0 Å². The van der Waals surface area contributed by atoms with Gasteiger partial charge >= 0.3 is 0 Å². The van der Waals surface area contributed by atoms with Crippen LogP contribution in [0.1, 0.15) is 33.0 Å². The maximum absolute atomic E-state index is 12.5. The normalized spacial score (nSPS) is 19.2. The molecule has 1 fully saturated rings. The van der Waals surface area contributed by atoms with Gasteiger partial charge in [-0.05, 0) is 12.3 Å². The van der Waals surface area contributed by atoms with E-state index in [1.807, 2.05) is 11.8 Å². The zero-order valence-electron chi connectivity index (χ0n) is 14.9. The van der Waals surface area contributed by atoms with Crippen molar-refractivity contribution in [2.45, 2.75) is 44.8 Å². The van der Waals surface area contributed by atoms with Crippen molar-refractivity contribution in [2.24, 2.45) is 5.92 Å². The standard InChI is InChI=1S/C16H29N5O2S/c1-4-14-17-16(19-18-14)24-11-15(23)21-7-6-20(9-12(2)3)13(10-21)5-8-22/h12-13,22H,4-11H2,1-3H3,(H,17,18,19). The van der Waals surface area contributed by atoms with Crippen molar-refractivity contribution >= 4 is 17.7 Å². The summed E-state index contributed by atoms with van der Waals surface area (Å²) in [4.78, 5) is 21.1. The van der Waals surface area contributed by atoms with Crippen LogP contribution in [0.5, 0.6) is 0 Å². The number of rotatable bonds is 8. The number of thioether (sulfide) groups is 1. The number of carbonyl (C=O) groups excluding carboxylic acids is 1. The van der Waals surface area contributed by atoms with Gasteiger partial charge < -0.3 is 10.0 Å². The summed E-state index contributed by atoms with van der Waals surface area (Å²) in [5.74, 6) is 1.91. The Morgan fingerprint density at radius 2 is 2.25 bits per heavy atom. The molecule has 0 saturated carbocycles. The highest BCUT2D eigenvalue weighted by Gasteiger charge is 2.29. The molecule has 24 heavy (non-hydrogen) atoms. The Hall–Kier alpha value is -1.12. The highest BCUT2D eigenvalue weighted by atomic mass is 32.2. The van der Waals surface area contributed by atoms with Crippen LogP contribution < -0.4 is 0 Å². The molecule has 7 nitrogen and oxygen atoms in total. The topological polar surface area (TPSA) is 85.3 Å². The summed E-state index contributed by atoms with van der Waals surface area (Å²) < 4.78 is 0. The predicted molar refractivity (Wildman–Crippen MR) is 95.0 cm³/mol. The Bertz CT molecular complexity index is 522. The molecule has 0 aliphatic carbocycles. The minimum absolute atomic E-state index is 0.120. The molecule has 0 spiro atoms. The molecule has 1 aliphatic rings. The molecule has 8 heteroatoms. The molecule has 2 rings (SSSR count). The largest absolute Gasteiger partial charge is 0.396 e. The number of piperazine rings is 1. The van der Waals surface area contributed by atoms with E-state index in [9.17, 15) is 9.90 Å². The van der Waals surface area contributed by atoms with Gasteiger partial charge in [0.05, 0.1) is 5.75 Å². The molecule has 136 valence electrons. The fraction of sp³-hybridized carbons (Fsp3) is 0.812. The lowest BCUT2D eigenvalue weighted by atomic mass is 10.1. The number of nitrogens with one attached hydrogen (secondary N) is 1. The Balaban J connectivity index is 1.85. The van der Waals surface area contributed by atoms with Crippen LogP contribution in [0.3, 0.4) is 0 Å². The molecular weight excluding hydrogens is 326 g/mol. The van der Waals surface area contributed by atoms with Gasteiger partial charge in [-0.1, -0.05) is 32.5 Å². The number of hydrogen-bond donors (Lipinski definition) is 2. The van der Waals surface area contributed by atoms with E-state index in [0.29, 0.717) is 29.8 Å². The molecule has 2 heterocycles. The average Bonchev–Trinajstić information content (AvgIpc) is 3.02. The second-order valence-electron chi connectivity index (χ2n) is 6.60. The lowest BCUT2D eigenvalue weighted by molar-refractivity contribution is -0.131. The number of aliphatic hydroxyl groups excluding tert-OH is 1. The van der Waals surface area contributed by atoms with Crippen LogP contribution in [0.2, 0.25) is 0 Å². The summed E-state index contributed by atoms with van der Waals surface area (Å²) in [5, 5.41) is 16.9. The smallest absolute Gasteiger partial charge is 0.233 e. The minimum atomic E-state index is 0.120. The highest BCUT2D eigenvalue weighted by Crippen LogP contribution is 2.18. The van der Waals surface area contributed by atoms with Gasteiger partial charge in [0.2, 0.25) is 11.1 Å². The first kappa shape index (κ1) is 19.2. The first-order valence-electron chi connectivity index (χ1n) is 8.70. The van der Waals surface area contributed by atoms with Crippen LogP contribution in [0.15, 0.2) is 5.16 Å². The number of hydrogen-bond acceptors (Lipinski definition) is 6. The van der Waals surface area contributed by atoms with E-state index >= 15 is 0 Å². The predicted octanol–water partition coefficient (Wildman–Crippen LogP) is 1.01. The van der Waals surface area contributed by atoms with Gasteiger partial charge in [0.1, 0.15) is 5.82 Å². The van der Waals surface area contributed by atoms with Gasteiger partial charge in [-0.25, -0.2) is 4.98 Å². The number of aliphatic hydroxyl groups is 1. The van der Waals surface area contributed by atoms with Gasteiger partial charge in [-0.15, -0.1) is 5.10 Å². The lowest BCUT2D eigenvalue weighted by Crippen LogP contribution is -2.56. The molecule has 0 bridgehead atoms. The molecule has 0 radical (unpaired) electrons. The Morgan fingerprint density at radius 3 is 2.88 bits per heavy atom. The zero-order valence-corrected chi connectivity index (χ0v) is 15.7. The third-order valence-electron chi connectivity index (χ3n) is 4.19. The van der Waals surface area contributed by atoms with Crippen LogP contribution in [0.4, 0.5) is 0 Å². The number of aromatic amines is 1. The number of carbonyl (C=O) groups is 1. The van der Waals surface area contributed by atoms with E-state index in [2.05, 4.69) is 33.9 Å². The van der Waals surface area contributed by atoms with Crippen LogP contribution >= 0.6 is 11.8 Å². The molecule has 1 saturated heterocycles. The van der Waals surface area contributed by atoms with E-state index in [1.54, 1.807) is 0 Å². The van der Waals surface area contributed by atoms with Gasteiger partial charge in [0.15, 0.2) is 0 Å². The molecular formula is C16H29N5O2S. The molecule has 1 aromatic rings. The first-order chi connectivity index (χ1) is 11.5. The minimum Gasteiger partial charge on any atom is -0.396 e. The molecule has 2 N–H and O–H groups in total. The van der Waals surface area contributed by atoms with E-state index in [4.69, 9.17) is 0 Å². The molecule has 1 unspecified atom stereocenters. The van der Waals surface area contributed by atoms with E-state index in [1.165, 1.54) is 11.8 Å². The summed E-state index contributed by atoms with van der Waals surface area (Å²) in [7, 11) is 0. The first-order valence-corrected chi connectivity index (χ1v) is 9.68. The fourth-order valence-electron chi connectivity index (χ4n) is 2.97. The third kappa shape index (κ3) is 5.46. The summed E-state index contributed by atoms with van der Waals surface area (Å²) >= 11 is 1.38. The maximum atomic E-state index is 12.5. The monoisotopic (exact) mass is 355 g/mol. The van der Waals surface area contributed by atoms with Gasteiger partial charge in [-0.3, -0.25) is 14.8 Å². The molecule has 1 aliphatic heterocycles.